The van der Waals surface area contributed by atoms with Gasteiger partial charge in [0.15, 0.2) is 5.43 Å². The fourth-order valence-corrected chi connectivity index (χ4v) is 3.73. The summed E-state index contributed by atoms with van der Waals surface area (Å²) in [5.41, 5.74) is 5.65. The predicted molar refractivity (Wildman–Crippen MR) is 106 cm³/mol. The number of rotatable bonds is 1. The van der Waals surface area contributed by atoms with E-state index in [1.807, 2.05) is 25.1 Å². The van der Waals surface area contributed by atoms with E-state index in [0.29, 0.717) is 11.0 Å². The highest BCUT2D eigenvalue weighted by molar-refractivity contribution is 6.16. The van der Waals surface area contributed by atoms with Crippen LogP contribution in [0.15, 0.2) is 62.9 Å². The van der Waals surface area contributed by atoms with Gasteiger partial charge in [0.1, 0.15) is 5.58 Å². The highest BCUT2D eigenvalue weighted by Gasteiger charge is 2.43. The van der Waals surface area contributed by atoms with E-state index in [4.69, 9.17) is 9.41 Å². The van der Waals surface area contributed by atoms with Crippen LogP contribution in [0.4, 0.5) is 0 Å². The number of fused-ring (bicyclic) bond motifs is 2. The number of hydrogen-bond acceptors (Lipinski definition) is 3. The molecule has 0 amide bonds. The maximum absolute atomic E-state index is 12.3. The molecule has 0 spiro atoms. The van der Waals surface area contributed by atoms with Crippen molar-refractivity contribution in [2.45, 2.75) is 45.6 Å². The van der Waals surface area contributed by atoms with Crippen molar-refractivity contribution < 1.29 is 4.42 Å². The molecule has 0 unspecified atom stereocenters. The summed E-state index contributed by atoms with van der Waals surface area (Å²) in [6, 6.07) is 13.8. The van der Waals surface area contributed by atoms with E-state index in [1.165, 1.54) is 17.9 Å². The van der Waals surface area contributed by atoms with Crippen LogP contribution in [0.3, 0.4) is 0 Å². The molecule has 2 heterocycles. The molecule has 132 valence electrons. The van der Waals surface area contributed by atoms with Crippen LogP contribution >= 0.6 is 0 Å². The summed E-state index contributed by atoms with van der Waals surface area (Å²) < 4.78 is 5.52. The van der Waals surface area contributed by atoms with Gasteiger partial charge >= 0.3 is 0 Å². The van der Waals surface area contributed by atoms with Gasteiger partial charge in [-0.15, -0.1) is 0 Å². The van der Waals surface area contributed by atoms with Crippen LogP contribution in [-0.2, 0) is 5.41 Å². The predicted octanol–water partition coefficient (Wildman–Crippen LogP) is 5.01. The normalized spacial score (nSPS) is 17.7. The molecule has 26 heavy (non-hydrogen) atoms. The molecule has 3 aromatic rings. The first-order chi connectivity index (χ1) is 12.2. The van der Waals surface area contributed by atoms with Crippen molar-refractivity contribution in [3.8, 4) is 0 Å². The monoisotopic (exact) mass is 345 g/mol. The molecule has 0 bridgehead atoms. The van der Waals surface area contributed by atoms with Crippen molar-refractivity contribution in [1.29, 1.82) is 0 Å². The van der Waals surface area contributed by atoms with Gasteiger partial charge < -0.3 is 4.42 Å². The molecule has 2 aromatic carbocycles. The van der Waals surface area contributed by atoms with Crippen molar-refractivity contribution in [2.24, 2.45) is 4.99 Å². The molecular weight excluding hydrogens is 322 g/mol. The van der Waals surface area contributed by atoms with Crippen molar-refractivity contribution in [3.63, 3.8) is 0 Å². The number of aryl methyl sites for hydroxylation is 1. The Morgan fingerprint density at radius 1 is 0.962 bits per heavy atom. The first-order valence-electron chi connectivity index (χ1n) is 8.95. The van der Waals surface area contributed by atoms with Crippen molar-refractivity contribution >= 4 is 16.7 Å². The van der Waals surface area contributed by atoms with Gasteiger partial charge in [0.25, 0.3) is 0 Å². The molecule has 0 N–H and O–H groups in total. The van der Waals surface area contributed by atoms with Gasteiger partial charge in [-0.3, -0.25) is 9.79 Å². The van der Waals surface area contributed by atoms with Gasteiger partial charge in [-0.2, -0.15) is 0 Å². The number of hydrogen-bond donors (Lipinski definition) is 0. The standard InChI is InChI=1S/C23H23NO2/c1-14-12-20-17(19(25)10-11-26-20)13-16(14)21-15-8-6-7-9-18(15)22(2,3)23(4,5)24-21/h6-13H,1-5H3. The smallest absolute Gasteiger partial charge is 0.192 e. The second-order valence-corrected chi connectivity index (χ2v) is 8.14. The van der Waals surface area contributed by atoms with Crippen LogP contribution in [0.5, 0.6) is 0 Å². The van der Waals surface area contributed by atoms with E-state index in [0.717, 1.165) is 22.4 Å². The first-order valence-corrected chi connectivity index (χ1v) is 8.95. The molecule has 0 saturated heterocycles. The van der Waals surface area contributed by atoms with Crippen molar-refractivity contribution in [2.75, 3.05) is 0 Å². The molecular formula is C23H23NO2. The topological polar surface area (TPSA) is 42.6 Å². The lowest BCUT2D eigenvalue weighted by molar-refractivity contribution is 0.303. The molecule has 1 aliphatic rings. The van der Waals surface area contributed by atoms with Gasteiger partial charge in [-0.25, -0.2) is 0 Å². The molecule has 0 saturated carbocycles. The van der Waals surface area contributed by atoms with E-state index >= 15 is 0 Å². The van der Waals surface area contributed by atoms with Gasteiger partial charge in [0, 0.05) is 22.6 Å². The van der Waals surface area contributed by atoms with Crippen LogP contribution in [0.25, 0.3) is 11.0 Å². The van der Waals surface area contributed by atoms with Gasteiger partial charge in [-0.1, -0.05) is 38.1 Å². The van der Waals surface area contributed by atoms with Gasteiger partial charge in [-0.05, 0) is 44.0 Å². The lowest BCUT2D eigenvalue weighted by Crippen LogP contribution is -2.46. The van der Waals surface area contributed by atoms with Gasteiger partial charge in [0.2, 0.25) is 0 Å². The molecule has 0 atom stereocenters. The third-order valence-electron chi connectivity index (χ3n) is 6.04. The third-order valence-corrected chi connectivity index (χ3v) is 6.04. The quantitative estimate of drug-likeness (QED) is 0.622. The molecule has 1 aliphatic heterocycles. The Labute approximate surface area is 153 Å². The Morgan fingerprint density at radius 3 is 2.46 bits per heavy atom. The molecule has 0 aliphatic carbocycles. The van der Waals surface area contributed by atoms with E-state index in [-0.39, 0.29) is 16.4 Å². The average Bonchev–Trinajstić information content (AvgIpc) is 2.59. The highest BCUT2D eigenvalue weighted by atomic mass is 16.3. The second-order valence-electron chi connectivity index (χ2n) is 8.14. The zero-order valence-corrected chi connectivity index (χ0v) is 15.9. The highest BCUT2D eigenvalue weighted by Crippen LogP contribution is 2.44. The number of aliphatic imine (C=N–C) groups is 1. The first kappa shape index (κ1) is 16.8. The SMILES string of the molecule is Cc1cc2occc(=O)c2cc1C1=NC(C)(C)C(C)(C)c2ccccc21. The zero-order valence-electron chi connectivity index (χ0n) is 15.9. The minimum absolute atomic E-state index is 0.0308. The summed E-state index contributed by atoms with van der Waals surface area (Å²) in [5, 5.41) is 0.593. The maximum Gasteiger partial charge on any atom is 0.192 e. The Kier molecular flexibility index (Phi) is 3.49. The second kappa shape index (κ2) is 5.41. The zero-order chi connectivity index (χ0) is 18.7. The summed E-state index contributed by atoms with van der Waals surface area (Å²) in [4.78, 5) is 17.5. The van der Waals surface area contributed by atoms with Crippen LogP contribution in [0, 0.1) is 6.92 Å². The summed E-state index contributed by atoms with van der Waals surface area (Å²) >= 11 is 0. The van der Waals surface area contributed by atoms with Crippen LogP contribution in [0.1, 0.15) is 49.9 Å². The Balaban J connectivity index is 2.06. The lowest BCUT2D eigenvalue weighted by atomic mass is 9.65. The summed E-state index contributed by atoms with van der Waals surface area (Å²) in [7, 11) is 0. The van der Waals surface area contributed by atoms with E-state index in [1.54, 1.807) is 0 Å². The Bertz CT molecular complexity index is 1120. The minimum Gasteiger partial charge on any atom is -0.464 e. The minimum atomic E-state index is -0.264. The van der Waals surface area contributed by atoms with Crippen molar-refractivity contribution in [1.82, 2.24) is 0 Å². The largest absolute Gasteiger partial charge is 0.464 e. The number of nitrogens with zero attached hydrogens (tertiary/aromatic N) is 1. The molecule has 1 aromatic heterocycles. The van der Waals surface area contributed by atoms with Crippen LogP contribution in [0.2, 0.25) is 0 Å². The summed E-state index contributed by atoms with van der Waals surface area (Å²) in [5.74, 6) is 0. The molecule has 0 radical (unpaired) electrons. The van der Waals surface area contributed by atoms with Crippen LogP contribution < -0.4 is 5.43 Å². The van der Waals surface area contributed by atoms with E-state index in [2.05, 4.69) is 45.9 Å². The van der Waals surface area contributed by atoms with E-state index < -0.39 is 0 Å². The van der Waals surface area contributed by atoms with E-state index in [9.17, 15) is 4.79 Å². The maximum atomic E-state index is 12.3. The fraction of sp³-hybridized carbons (Fsp3) is 0.304. The number of benzene rings is 2. The Hall–Kier alpha value is -2.68. The lowest BCUT2D eigenvalue weighted by Gasteiger charge is -2.44. The summed E-state index contributed by atoms with van der Waals surface area (Å²) in [6.45, 7) is 10.9. The van der Waals surface area contributed by atoms with Gasteiger partial charge in [0.05, 0.1) is 22.9 Å². The summed E-state index contributed by atoms with van der Waals surface area (Å²) in [6.07, 6.45) is 1.45. The molecule has 3 nitrogen and oxygen atoms in total. The van der Waals surface area contributed by atoms with Crippen molar-refractivity contribution in [3.05, 3.63) is 81.2 Å². The average molecular weight is 345 g/mol. The molecule has 0 fully saturated rings. The van der Waals surface area contributed by atoms with Crippen LogP contribution in [-0.4, -0.2) is 11.3 Å². The fourth-order valence-electron chi connectivity index (χ4n) is 3.73. The third kappa shape index (κ3) is 2.27. The molecule has 3 heteroatoms. The molecule has 4 rings (SSSR count). The Morgan fingerprint density at radius 2 is 1.69 bits per heavy atom.